The molecule has 1 heterocycles. The smallest absolute Gasteiger partial charge is 0.338 e. The summed E-state index contributed by atoms with van der Waals surface area (Å²) in [5, 5.41) is 0. The predicted molar refractivity (Wildman–Crippen MR) is 96.3 cm³/mol. The number of fused-ring (bicyclic) bond motifs is 1. The predicted octanol–water partition coefficient (Wildman–Crippen LogP) is 2.82. The first-order valence-electron chi connectivity index (χ1n) is 8.36. The molecule has 0 spiro atoms. The minimum Gasteiger partial charge on any atom is -0.496 e. The highest BCUT2D eigenvalue weighted by molar-refractivity contribution is 6.00. The number of ketones is 1. The van der Waals surface area contributed by atoms with Crippen molar-refractivity contribution in [3.63, 3.8) is 0 Å². The molecular formula is C20H20O7. The first kappa shape index (κ1) is 18.6. The minimum absolute atomic E-state index is 0.240. The molecule has 27 heavy (non-hydrogen) atoms. The summed E-state index contributed by atoms with van der Waals surface area (Å²) in [6, 6.07) is 7.97. The standard InChI is InChI=1S/C20H20O7/c1-12-17(23-2)9-14(10-18(12)24-3)20(22)27-11-15(21)13-4-5-16-19(8-13)26-7-6-25-16/h4-5,8-10H,6-7,11H2,1-3H3. The Kier molecular flexibility index (Phi) is 5.49. The molecule has 142 valence electrons. The molecule has 1 aliphatic heterocycles. The molecule has 0 bridgehead atoms. The summed E-state index contributed by atoms with van der Waals surface area (Å²) < 4.78 is 26.5. The van der Waals surface area contributed by atoms with E-state index in [1.165, 1.54) is 14.2 Å². The largest absolute Gasteiger partial charge is 0.496 e. The van der Waals surface area contributed by atoms with Gasteiger partial charge in [0.15, 0.2) is 23.9 Å². The Balaban J connectivity index is 1.69. The Hall–Kier alpha value is -3.22. The van der Waals surface area contributed by atoms with Crippen LogP contribution >= 0.6 is 0 Å². The van der Waals surface area contributed by atoms with Crippen molar-refractivity contribution in [3.05, 3.63) is 47.0 Å². The molecule has 0 fully saturated rings. The number of rotatable bonds is 6. The molecule has 0 atom stereocenters. The van der Waals surface area contributed by atoms with E-state index >= 15 is 0 Å². The third kappa shape index (κ3) is 3.97. The fourth-order valence-corrected chi connectivity index (χ4v) is 2.72. The van der Waals surface area contributed by atoms with Crippen molar-refractivity contribution in [2.75, 3.05) is 34.0 Å². The molecule has 1 aliphatic rings. The van der Waals surface area contributed by atoms with Crippen LogP contribution in [0.2, 0.25) is 0 Å². The maximum atomic E-state index is 12.3. The van der Waals surface area contributed by atoms with Gasteiger partial charge in [0.2, 0.25) is 0 Å². The Morgan fingerprint density at radius 3 is 2.19 bits per heavy atom. The lowest BCUT2D eigenvalue weighted by molar-refractivity contribution is 0.0474. The monoisotopic (exact) mass is 372 g/mol. The second-order valence-corrected chi connectivity index (χ2v) is 5.86. The van der Waals surface area contributed by atoms with Gasteiger partial charge < -0.3 is 23.7 Å². The van der Waals surface area contributed by atoms with E-state index in [-0.39, 0.29) is 11.3 Å². The summed E-state index contributed by atoms with van der Waals surface area (Å²) in [4.78, 5) is 24.7. The van der Waals surface area contributed by atoms with Gasteiger partial charge >= 0.3 is 5.97 Å². The van der Waals surface area contributed by atoms with Gasteiger partial charge in [0, 0.05) is 11.1 Å². The van der Waals surface area contributed by atoms with Gasteiger partial charge in [0.25, 0.3) is 0 Å². The number of methoxy groups -OCH3 is 2. The summed E-state index contributed by atoms with van der Waals surface area (Å²) in [6.45, 7) is 2.33. The van der Waals surface area contributed by atoms with Gasteiger partial charge in [-0.1, -0.05) is 0 Å². The molecule has 2 aromatic rings. The number of hydrogen-bond donors (Lipinski definition) is 0. The molecular weight excluding hydrogens is 352 g/mol. The zero-order valence-corrected chi connectivity index (χ0v) is 15.4. The molecule has 0 saturated heterocycles. The SMILES string of the molecule is COc1cc(C(=O)OCC(=O)c2ccc3c(c2)OCCO3)cc(OC)c1C. The van der Waals surface area contributed by atoms with Crippen LogP contribution in [0.4, 0.5) is 0 Å². The normalized spacial score (nSPS) is 12.3. The van der Waals surface area contributed by atoms with Crippen molar-refractivity contribution >= 4 is 11.8 Å². The summed E-state index contributed by atoms with van der Waals surface area (Å²) in [7, 11) is 3.00. The van der Waals surface area contributed by atoms with Crippen molar-refractivity contribution in [2.45, 2.75) is 6.92 Å². The number of carbonyl (C=O) groups excluding carboxylic acids is 2. The van der Waals surface area contributed by atoms with Gasteiger partial charge in [0.05, 0.1) is 19.8 Å². The van der Waals surface area contributed by atoms with Crippen LogP contribution in [0.3, 0.4) is 0 Å². The maximum absolute atomic E-state index is 12.3. The van der Waals surface area contributed by atoms with E-state index in [4.69, 9.17) is 23.7 Å². The first-order chi connectivity index (χ1) is 13.0. The lowest BCUT2D eigenvalue weighted by atomic mass is 10.1. The molecule has 0 aliphatic carbocycles. The third-order valence-corrected chi connectivity index (χ3v) is 4.19. The summed E-state index contributed by atoms with van der Waals surface area (Å²) in [5.41, 5.74) is 1.39. The van der Waals surface area contributed by atoms with Gasteiger partial charge in [-0.2, -0.15) is 0 Å². The molecule has 2 aromatic carbocycles. The van der Waals surface area contributed by atoms with E-state index in [0.29, 0.717) is 41.8 Å². The quantitative estimate of drug-likeness (QED) is 0.570. The van der Waals surface area contributed by atoms with Crippen LogP contribution in [0.5, 0.6) is 23.0 Å². The minimum atomic E-state index is -0.641. The Bertz CT molecular complexity index is 848. The van der Waals surface area contributed by atoms with E-state index in [1.807, 2.05) is 6.92 Å². The molecule has 0 saturated carbocycles. The van der Waals surface area contributed by atoms with E-state index in [0.717, 1.165) is 5.56 Å². The van der Waals surface area contributed by atoms with Crippen molar-refractivity contribution < 1.29 is 33.3 Å². The lowest BCUT2D eigenvalue weighted by Gasteiger charge is -2.18. The molecule has 0 N–H and O–H groups in total. The molecule has 0 radical (unpaired) electrons. The maximum Gasteiger partial charge on any atom is 0.338 e. The van der Waals surface area contributed by atoms with Crippen molar-refractivity contribution in [1.29, 1.82) is 0 Å². The third-order valence-electron chi connectivity index (χ3n) is 4.19. The van der Waals surface area contributed by atoms with Gasteiger partial charge in [-0.15, -0.1) is 0 Å². The molecule has 0 amide bonds. The van der Waals surface area contributed by atoms with Crippen molar-refractivity contribution in [1.82, 2.24) is 0 Å². The number of ether oxygens (including phenoxy) is 5. The van der Waals surface area contributed by atoms with E-state index in [2.05, 4.69) is 0 Å². The van der Waals surface area contributed by atoms with E-state index in [9.17, 15) is 9.59 Å². The number of esters is 1. The van der Waals surface area contributed by atoms with Crippen LogP contribution in [0.15, 0.2) is 30.3 Å². The number of hydrogen-bond acceptors (Lipinski definition) is 7. The summed E-state index contributed by atoms with van der Waals surface area (Å²) in [5.74, 6) is 1.11. The highest BCUT2D eigenvalue weighted by Gasteiger charge is 2.18. The van der Waals surface area contributed by atoms with Crippen LogP contribution < -0.4 is 18.9 Å². The fraction of sp³-hybridized carbons (Fsp3) is 0.300. The summed E-state index contributed by atoms with van der Waals surface area (Å²) >= 11 is 0. The first-order valence-corrected chi connectivity index (χ1v) is 8.36. The zero-order valence-electron chi connectivity index (χ0n) is 15.4. The lowest BCUT2D eigenvalue weighted by Crippen LogP contribution is -2.17. The number of Topliss-reactive ketones (excluding diaryl/α,β-unsaturated/α-hetero) is 1. The van der Waals surface area contributed by atoms with Crippen LogP contribution in [-0.2, 0) is 4.74 Å². The highest BCUT2D eigenvalue weighted by Crippen LogP contribution is 2.31. The number of benzene rings is 2. The fourth-order valence-electron chi connectivity index (χ4n) is 2.72. The average Bonchev–Trinajstić information content (AvgIpc) is 2.71. The molecule has 7 heteroatoms. The van der Waals surface area contributed by atoms with E-state index < -0.39 is 12.6 Å². The number of carbonyl (C=O) groups is 2. The second-order valence-electron chi connectivity index (χ2n) is 5.86. The zero-order chi connectivity index (χ0) is 19.4. The average molecular weight is 372 g/mol. The summed E-state index contributed by atoms with van der Waals surface area (Å²) in [6.07, 6.45) is 0. The van der Waals surface area contributed by atoms with Crippen LogP contribution in [0.25, 0.3) is 0 Å². The Morgan fingerprint density at radius 2 is 1.56 bits per heavy atom. The van der Waals surface area contributed by atoms with Crippen LogP contribution in [-0.4, -0.2) is 45.8 Å². The topological polar surface area (TPSA) is 80.3 Å². The van der Waals surface area contributed by atoms with Crippen molar-refractivity contribution in [3.8, 4) is 23.0 Å². The molecule has 7 nitrogen and oxygen atoms in total. The van der Waals surface area contributed by atoms with Gasteiger partial charge in [-0.05, 0) is 37.3 Å². The molecule has 0 unspecified atom stereocenters. The Morgan fingerprint density at radius 1 is 0.926 bits per heavy atom. The molecule has 0 aromatic heterocycles. The van der Waals surface area contributed by atoms with Gasteiger partial charge in [-0.3, -0.25) is 4.79 Å². The van der Waals surface area contributed by atoms with Crippen molar-refractivity contribution in [2.24, 2.45) is 0 Å². The molecule has 3 rings (SSSR count). The van der Waals surface area contributed by atoms with Gasteiger partial charge in [0.1, 0.15) is 24.7 Å². The van der Waals surface area contributed by atoms with Crippen LogP contribution in [0, 0.1) is 6.92 Å². The highest BCUT2D eigenvalue weighted by atomic mass is 16.6. The van der Waals surface area contributed by atoms with Crippen LogP contribution in [0.1, 0.15) is 26.3 Å². The van der Waals surface area contributed by atoms with E-state index in [1.54, 1.807) is 30.3 Å². The van der Waals surface area contributed by atoms with Gasteiger partial charge in [-0.25, -0.2) is 4.79 Å². The Labute approximate surface area is 156 Å². The second kappa shape index (κ2) is 7.99.